The van der Waals surface area contributed by atoms with E-state index in [1.54, 1.807) is 12.1 Å². The van der Waals surface area contributed by atoms with Crippen molar-refractivity contribution in [3.05, 3.63) is 86.0 Å². The van der Waals surface area contributed by atoms with E-state index in [1.165, 1.54) is 36.4 Å². The van der Waals surface area contributed by atoms with Crippen LogP contribution < -0.4 is 10.9 Å². The summed E-state index contributed by atoms with van der Waals surface area (Å²) in [6.45, 7) is -0.184. The van der Waals surface area contributed by atoms with Gasteiger partial charge < -0.3 is 5.32 Å². The van der Waals surface area contributed by atoms with Gasteiger partial charge in [0.25, 0.3) is 5.56 Å². The second kappa shape index (κ2) is 7.81. The molecule has 1 N–H and O–H groups in total. The quantitative estimate of drug-likeness (QED) is 0.554. The van der Waals surface area contributed by atoms with Crippen LogP contribution in [0.25, 0.3) is 0 Å². The Hall–Kier alpha value is -2.58. The highest BCUT2D eigenvalue weighted by Gasteiger charge is 2.38. The first-order chi connectivity index (χ1) is 13.2. The summed E-state index contributed by atoms with van der Waals surface area (Å²) in [6, 6.07) is 11.4. The van der Waals surface area contributed by atoms with Gasteiger partial charge in [0.05, 0.1) is 17.3 Å². The number of hydrogen-bond donors (Lipinski definition) is 1. The van der Waals surface area contributed by atoms with Gasteiger partial charge in [-0.05, 0) is 29.8 Å². The van der Waals surface area contributed by atoms with Gasteiger partial charge in [-0.1, -0.05) is 47.5 Å². The number of nitrogens with one attached hydrogen (secondary N) is 1. The molecule has 10 heteroatoms. The van der Waals surface area contributed by atoms with Crippen LogP contribution in [0, 0.1) is 5.82 Å². The molecular weight excluding hydrogens is 421 g/mol. The van der Waals surface area contributed by atoms with E-state index in [0.29, 0.717) is 5.56 Å². The van der Waals surface area contributed by atoms with Gasteiger partial charge in [-0.3, -0.25) is 9.36 Å². The van der Waals surface area contributed by atoms with Crippen molar-refractivity contribution in [2.24, 2.45) is 0 Å². The van der Waals surface area contributed by atoms with Crippen LogP contribution in [-0.4, -0.2) is 9.55 Å². The zero-order valence-electron chi connectivity index (χ0n) is 13.9. The predicted octanol–water partition coefficient (Wildman–Crippen LogP) is 5.50. The zero-order chi connectivity index (χ0) is 20.5. The van der Waals surface area contributed by atoms with Crippen molar-refractivity contribution in [2.45, 2.75) is 12.7 Å². The van der Waals surface area contributed by atoms with Gasteiger partial charge in [-0.2, -0.15) is 13.2 Å². The highest BCUT2D eigenvalue weighted by atomic mass is 35.5. The van der Waals surface area contributed by atoms with Crippen LogP contribution in [0.5, 0.6) is 0 Å². The van der Waals surface area contributed by atoms with Crippen LogP contribution >= 0.6 is 23.2 Å². The van der Waals surface area contributed by atoms with Gasteiger partial charge in [0, 0.05) is 0 Å². The zero-order valence-corrected chi connectivity index (χ0v) is 15.4. The molecular formula is C18H11Cl2F4N3O. The number of hydrogen-bond acceptors (Lipinski definition) is 3. The highest BCUT2D eigenvalue weighted by Crippen LogP contribution is 2.33. The lowest BCUT2D eigenvalue weighted by Crippen LogP contribution is -2.29. The Bertz CT molecular complexity index is 1070. The topological polar surface area (TPSA) is 46.9 Å². The third kappa shape index (κ3) is 4.28. The fourth-order valence-electron chi connectivity index (χ4n) is 2.42. The summed E-state index contributed by atoms with van der Waals surface area (Å²) >= 11 is 11.7. The van der Waals surface area contributed by atoms with Crippen LogP contribution in [0.2, 0.25) is 10.0 Å². The van der Waals surface area contributed by atoms with E-state index >= 15 is 0 Å². The summed E-state index contributed by atoms with van der Waals surface area (Å²) in [5.41, 5.74) is -1.89. The monoisotopic (exact) mass is 431 g/mol. The average Bonchev–Trinajstić information content (AvgIpc) is 2.63. The molecule has 0 saturated carbocycles. The van der Waals surface area contributed by atoms with Crippen molar-refractivity contribution >= 4 is 34.8 Å². The first kappa shape index (κ1) is 20.2. The van der Waals surface area contributed by atoms with Gasteiger partial charge in [0.1, 0.15) is 10.8 Å². The normalized spacial score (nSPS) is 11.5. The minimum atomic E-state index is -4.93. The Morgan fingerprint density at radius 3 is 2.29 bits per heavy atom. The maximum atomic E-state index is 13.2. The van der Waals surface area contributed by atoms with E-state index in [1.807, 2.05) is 0 Å². The SMILES string of the molecule is O=c1c(Cl)c(C(F)(F)F)nc(Nc2ccccc2Cl)n1Cc1ccc(F)cc1. The molecule has 146 valence electrons. The van der Waals surface area contributed by atoms with Crippen molar-refractivity contribution in [1.29, 1.82) is 0 Å². The number of benzene rings is 2. The van der Waals surface area contributed by atoms with E-state index in [-0.39, 0.29) is 17.3 Å². The second-order valence-electron chi connectivity index (χ2n) is 5.72. The molecule has 0 radical (unpaired) electrons. The molecule has 0 unspecified atom stereocenters. The summed E-state index contributed by atoms with van der Waals surface area (Å²) in [6.07, 6.45) is -4.93. The van der Waals surface area contributed by atoms with Crippen molar-refractivity contribution in [3.8, 4) is 0 Å². The number of aromatic nitrogens is 2. The third-order valence-electron chi connectivity index (χ3n) is 3.76. The first-order valence-corrected chi connectivity index (χ1v) is 8.56. The maximum Gasteiger partial charge on any atom is 0.435 e. The predicted molar refractivity (Wildman–Crippen MR) is 98.7 cm³/mol. The molecule has 28 heavy (non-hydrogen) atoms. The molecule has 0 saturated heterocycles. The van der Waals surface area contributed by atoms with E-state index in [0.717, 1.165) is 4.57 Å². The van der Waals surface area contributed by atoms with E-state index in [4.69, 9.17) is 23.2 Å². The molecule has 0 atom stereocenters. The van der Waals surface area contributed by atoms with Gasteiger partial charge >= 0.3 is 6.18 Å². The molecule has 0 aliphatic carbocycles. The fourth-order valence-corrected chi connectivity index (χ4v) is 2.85. The van der Waals surface area contributed by atoms with Crippen LogP contribution in [-0.2, 0) is 12.7 Å². The van der Waals surface area contributed by atoms with Gasteiger partial charge in [0.15, 0.2) is 5.69 Å². The van der Waals surface area contributed by atoms with E-state index < -0.39 is 34.2 Å². The van der Waals surface area contributed by atoms with Crippen molar-refractivity contribution in [3.63, 3.8) is 0 Å². The number of halogens is 6. The maximum absolute atomic E-state index is 13.2. The smallest absolute Gasteiger partial charge is 0.324 e. The molecule has 3 rings (SSSR count). The Labute approximate surface area is 166 Å². The van der Waals surface area contributed by atoms with Gasteiger partial charge in [0.2, 0.25) is 5.95 Å². The molecule has 0 aliphatic rings. The summed E-state index contributed by atoms with van der Waals surface area (Å²) in [5, 5.41) is 1.80. The second-order valence-corrected chi connectivity index (χ2v) is 6.50. The van der Waals surface area contributed by atoms with Crippen molar-refractivity contribution < 1.29 is 17.6 Å². The number of nitrogens with zero attached hydrogens (tertiary/aromatic N) is 2. The molecule has 0 amide bonds. The summed E-state index contributed by atoms with van der Waals surface area (Å²) < 4.78 is 53.8. The lowest BCUT2D eigenvalue weighted by atomic mass is 10.2. The van der Waals surface area contributed by atoms with Crippen LogP contribution in [0.4, 0.5) is 29.2 Å². The lowest BCUT2D eigenvalue weighted by Gasteiger charge is -2.17. The lowest BCUT2D eigenvalue weighted by molar-refractivity contribution is -0.141. The fraction of sp³-hybridized carbons (Fsp3) is 0.111. The van der Waals surface area contributed by atoms with Crippen molar-refractivity contribution in [2.75, 3.05) is 5.32 Å². The van der Waals surface area contributed by atoms with E-state index in [2.05, 4.69) is 10.3 Å². The highest BCUT2D eigenvalue weighted by molar-refractivity contribution is 6.33. The number of alkyl halides is 3. The Morgan fingerprint density at radius 1 is 1.04 bits per heavy atom. The van der Waals surface area contributed by atoms with E-state index in [9.17, 15) is 22.4 Å². The van der Waals surface area contributed by atoms with Crippen LogP contribution in [0.3, 0.4) is 0 Å². The molecule has 4 nitrogen and oxygen atoms in total. The first-order valence-electron chi connectivity index (χ1n) is 7.80. The number of anilines is 2. The Morgan fingerprint density at radius 2 is 1.68 bits per heavy atom. The minimum absolute atomic E-state index is 0.184. The Balaban J connectivity index is 2.15. The van der Waals surface area contributed by atoms with Gasteiger partial charge in [-0.25, -0.2) is 9.37 Å². The largest absolute Gasteiger partial charge is 0.435 e. The van der Waals surface area contributed by atoms with Crippen molar-refractivity contribution in [1.82, 2.24) is 9.55 Å². The summed E-state index contributed by atoms with van der Waals surface area (Å²) in [7, 11) is 0. The van der Waals surface area contributed by atoms with Crippen LogP contribution in [0.15, 0.2) is 53.3 Å². The van der Waals surface area contributed by atoms with Crippen LogP contribution in [0.1, 0.15) is 11.3 Å². The standard InChI is InChI=1S/C18H11Cl2F4N3O/c19-12-3-1-2-4-13(12)25-17-26-15(18(22,23)24)14(20)16(28)27(17)9-10-5-7-11(21)8-6-10/h1-8H,9H2,(H,25,26). The number of para-hydroxylation sites is 1. The third-order valence-corrected chi connectivity index (χ3v) is 4.43. The molecule has 1 aromatic heterocycles. The molecule has 2 aromatic carbocycles. The molecule has 0 spiro atoms. The molecule has 1 heterocycles. The molecule has 3 aromatic rings. The summed E-state index contributed by atoms with van der Waals surface area (Å²) in [5.74, 6) is -0.895. The summed E-state index contributed by atoms with van der Waals surface area (Å²) in [4.78, 5) is 16.1. The molecule has 0 bridgehead atoms. The van der Waals surface area contributed by atoms with Gasteiger partial charge in [-0.15, -0.1) is 0 Å². The Kier molecular flexibility index (Phi) is 5.62. The number of rotatable bonds is 4. The molecule has 0 fully saturated rings. The average molecular weight is 432 g/mol. The minimum Gasteiger partial charge on any atom is -0.324 e. The molecule has 0 aliphatic heterocycles.